The van der Waals surface area contributed by atoms with E-state index in [2.05, 4.69) is 17.1 Å². The smallest absolute Gasteiger partial charge is 0.339 e. The molecule has 1 aromatic carbocycles. The molecule has 0 fully saturated rings. The number of carbonyl (C=O) groups is 1. The fourth-order valence-electron chi connectivity index (χ4n) is 1.65. The largest absolute Gasteiger partial charge is 0.462 e. The first kappa shape index (κ1) is 12.3. The summed E-state index contributed by atoms with van der Waals surface area (Å²) in [5, 5.41) is 0. The number of rotatable bonds is 5. The van der Waals surface area contributed by atoms with Crippen molar-refractivity contribution in [2.45, 2.75) is 12.8 Å². The highest BCUT2D eigenvalue weighted by atomic mass is 16.5. The van der Waals surface area contributed by atoms with Gasteiger partial charge in [-0.25, -0.2) is 4.79 Å². The van der Waals surface area contributed by atoms with Gasteiger partial charge in [0, 0.05) is 12.4 Å². The first-order chi connectivity index (χ1) is 8.86. The van der Waals surface area contributed by atoms with Gasteiger partial charge >= 0.3 is 5.97 Å². The second kappa shape index (κ2) is 6.55. The zero-order valence-corrected chi connectivity index (χ0v) is 10.1. The van der Waals surface area contributed by atoms with E-state index in [0.717, 1.165) is 12.8 Å². The van der Waals surface area contributed by atoms with Gasteiger partial charge < -0.3 is 4.74 Å². The third-order valence-corrected chi connectivity index (χ3v) is 2.58. The van der Waals surface area contributed by atoms with Crippen molar-refractivity contribution in [3.05, 3.63) is 66.0 Å². The molecule has 2 rings (SSSR count). The van der Waals surface area contributed by atoms with Crippen LogP contribution in [0.1, 0.15) is 22.3 Å². The number of hydrogen-bond acceptors (Lipinski definition) is 3. The van der Waals surface area contributed by atoms with Crippen LogP contribution in [0, 0.1) is 0 Å². The van der Waals surface area contributed by atoms with Crippen LogP contribution in [0.15, 0.2) is 54.9 Å². The Hall–Kier alpha value is -2.16. The molecule has 0 bridgehead atoms. The summed E-state index contributed by atoms with van der Waals surface area (Å²) in [5.74, 6) is -0.309. The molecule has 18 heavy (non-hydrogen) atoms. The predicted molar refractivity (Wildman–Crippen MR) is 69.3 cm³/mol. The van der Waals surface area contributed by atoms with Crippen LogP contribution >= 0.6 is 0 Å². The Morgan fingerprint density at radius 1 is 1.11 bits per heavy atom. The zero-order chi connectivity index (χ0) is 12.6. The van der Waals surface area contributed by atoms with Crippen molar-refractivity contribution in [2.75, 3.05) is 6.61 Å². The Morgan fingerprint density at radius 3 is 2.67 bits per heavy atom. The third kappa shape index (κ3) is 3.70. The summed E-state index contributed by atoms with van der Waals surface area (Å²) < 4.78 is 5.17. The lowest BCUT2D eigenvalue weighted by Gasteiger charge is -2.04. The Morgan fingerprint density at radius 2 is 1.94 bits per heavy atom. The fourth-order valence-corrected chi connectivity index (χ4v) is 1.65. The Kier molecular flexibility index (Phi) is 4.47. The molecule has 92 valence electrons. The molecule has 0 radical (unpaired) electrons. The van der Waals surface area contributed by atoms with E-state index in [1.807, 2.05) is 18.2 Å². The van der Waals surface area contributed by atoms with Gasteiger partial charge in [0.1, 0.15) is 0 Å². The molecule has 1 heterocycles. The number of esters is 1. The molecule has 0 unspecified atom stereocenters. The van der Waals surface area contributed by atoms with Crippen molar-refractivity contribution >= 4 is 5.97 Å². The molecular weight excluding hydrogens is 226 g/mol. The summed E-state index contributed by atoms with van der Waals surface area (Å²) in [6.45, 7) is 0.433. The number of ether oxygens (including phenoxy) is 1. The number of carbonyl (C=O) groups excluding carboxylic acids is 1. The number of nitrogens with zero attached hydrogens (tertiary/aromatic N) is 1. The molecule has 0 atom stereocenters. The average molecular weight is 241 g/mol. The summed E-state index contributed by atoms with van der Waals surface area (Å²) in [4.78, 5) is 15.5. The monoisotopic (exact) mass is 241 g/mol. The molecule has 0 aliphatic carbocycles. The molecular formula is C15H15NO2. The van der Waals surface area contributed by atoms with Gasteiger partial charge in [-0.3, -0.25) is 4.98 Å². The SMILES string of the molecule is O=C(OCCCc1ccccc1)c1cccnc1. The van der Waals surface area contributed by atoms with E-state index >= 15 is 0 Å². The topological polar surface area (TPSA) is 39.2 Å². The summed E-state index contributed by atoms with van der Waals surface area (Å²) in [6.07, 6.45) is 4.89. The van der Waals surface area contributed by atoms with Gasteiger partial charge in [0.05, 0.1) is 12.2 Å². The van der Waals surface area contributed by atoms with E-state index in [4.69, 9.17) is 4.74 Å². The second-order valence-corrected chi connectivity index (χ2v) is 3.97. The van der Waals surface area contributed by atoms with Gasteiger partial charge in [0.15, 0.2) is 0 Å². The standard InChI is InChI=1S/C15H15NO2/c17-15(14-9-4-10-16-12-14)18-11-5-8-13-6-2-1-3-7-13/h1-4,6-7,9-10,12H,5,8,11H2. The van der Waals surface area contributed by atoms with E-state index < -0.39 is 0 Å². The van der Waals surface area contributed by atoms with E-state index in [-0.39, 0.29) is 5.97 Å². The van der Waals surface area contributed by atoms with Crippen LogP contribution in [0.4, 0.5) is 0 Å². The van der Waals surface area contributed by atoms with Crippen molar-refractivity contribution in [1.29, 1.82) is 0 Å². The van der Waals surface area contributed by atoms with Crippen LogP contribution in [0.25, 0.3) is 0 Å². The van der Waals surface area contributed by atoms with Crippen LogP contribution in [0.3, 0.4) is 0 Å². The third-order valence-electron chi connectivity index (χ3n) is 2.58. The molecule has 3 heteroatoms. The highest BCUT2D eigenvalue weighted by Crippen LogP contribution is 2.04. The van der Waals surface area contributed by atoms with E-state index in [9.17, 15) is 4.79 Å². The van der Waals surface area contributed by atoms with Crippen LogP contribution in [-0.2, 0) is 11.2 Å². The Balaban J connectivity index is 1.72. The molecule has 0 saturated carbocycles. The Bertz CT molecular complexity index is 482. The lowest BCUT2D eigenvalue weighted by Crippen LogP contribution is -2.07. The van der Waals surface area contributed by atoms with Crippen LogP contribution < -0.4 is 0 Å². The summed E-state index contributed by atoms with van der Waals surface area (Å²) in [7, 11) is 0. The molecule has 1 aromatic heterocycles. The maximum absolute atomic E-state index is 11.6. The van der Waals surface area contributed by atoms with Crippen LogP contribution in [0.5, 0.6) is 0 Å². The van der Waals surface area contributed by atoms with Crippen molar-refractivity contribution in [3.8, 4) is 0 Å². The number of benzene rings is 1. The number of aryl methyl sites for hydroxylation is 1. The molecule has 0 aliphatic heterocycles. The minimum Gasteiger partial charge on any atom is -0.462 e. The average Bonchev–Trinajstić information content (AvgIpc) is 2.45. The zero-order valence-electron chi connectivity index (χ0n) is 10.1. The van der Waals surface area contributed by atoms with Gasteiger partial charge in [-0.15, -0.1) is 0 Å². The summed E-state index contributed by atoms with van der Waals surface area (Å²) in [5.41, 5.74) is 1.76. The molecule has 0 saturated heterocycles. The van der Waals surface area contributed by atoms with E-state index in [1.54, 1.807) is 18.3 Å². The molecule has 0 N–H and O–H groups in total. The van der Waals surface area contributed by atoms with Crippen molar-refractivity contribution in [2.24, 2.45) is 0 Å². The van der Waals surface area contributed by atoms with Gasteiger partial charge in [-0.1, -0.05) is 30.3 Å². The first-order valence-corrected chi connectivity index (χ1v) is 5.97. The number of hydrogen-bond donors (Lipinski definition) is 0. The van der Waals surface area contributed by atoms with Gasteiger partial charge in [-0.2, -0.15) is 0 Å². The predicted octanol–water partition coefficient (Wildman–Crippen LogP) is 2.87. The number of pyridine rings is 1. The van der Waals surface area contributed by atoms with Crippen molar-refractivity contribution in [1.82, 2.24) is 4.98 Å². The minimum atomic E-state index is -0.309. The normalized spacial score (nSPS) is 10.0. The maximum Gasteiger partial charge on any atom is 0.339 e. The van der Waals surface area contributed by atoms with Gasteiger partial charge in [-0.05, 0) is 30.5 Å². The summed E-state index contributed by atoms with van der Waals surface area (Å²) in [6, 6.07) is 13.6. The molecule has 0 aliphatic rings. The quantitative estimate of drug-likeness (QED) is 0.597. The van der Waals surface area contributed by atoms with E-state index in [1.165, 1.54) is 11.8 Å². The molecule has 0 amide bonds. The van der Waals surface area contributed by atoms with Gasteiger partial charge in [0.25, 0.3) is 0 Å². The molecule has 2 aromatic rings. The summed E-state index contributed by atoms with van der Waals surface area (Å²) >= 11 is 0. The minimum absolute atomic E-state index is 0.309. The van der Waals surface area contributed by atoms with Gasteiger partial charge in [0.2, 0.25) is 0 Å². The highest BCUT2D eigenvalue weighted by Gasteiger charge is 2.05. The molecule has 3 nitrogen and oxygen atoms in total. The highest BCUT2D eigenvalue weighted by molar-refractivity contribution is 5.88. The van der Waals surface area contributed by atoms with Crippen molar-refractivity contribution < 1.29 is 9.53 Å². The fraction of sp³-hybridized carbons (Fsp3) is 0.200. The number of aromatic nitrogens is 1. The molecule has 0 spiro atoms. The Labute approximate surface area is 106 Å². The van der Waals surface area contributed by atoms with Crippen LogP contribution in [-0.4, -0.2) is 17.6 Å². The van der Waals surface area contributed by atoms with E-state index in [0.29, 0.717) is 12.2 Å². The lowest BCUT2D eigenvalue weighted by molar-refractivity contribution is 0.0500. The van der Waals surface area contributed by atoms with Crippen molar-refractivity contribution in [3.63, 3.8) is 0 Å². The van der Waals surface area contributed by atoms with Crippen LogP contribution in [0.2, 0.25) is 0 Å². The second-order valence-electron chi connectivity index (χ2n) is 3.97. The lowest BCUT2D eigenvalue weighted by atomic mass is 10.1. The maximum atomic E-state index is 11.6. The first-order valence-electron chi connectivity index (χ1n) is 5.97.